The number of likely N-dealkylation sites (tertiary alicyclic amines) is 1. The summed E-state index contributed by atoms with van der Waals surface area (Å²) in [4.78, 5) is 18.2. The monoisotopic (exact) mass is 462 g/mol. The van der Waals surface area contributed by atoms with Crippen LogP contribution in [0, 0.1) is 17.1 Å². The molecule has 1 amide bonds. The predicted molar refractivity (Wildman–Crippen MR) is 123 cm³/mol. The molecular weight excluding hydrogens is 435 g/mol. The molecule has 176 valence electrons. The van der Waals surface area contributed by atoms with Crippen LogP contribution in [-0.2, 0) is 24.3 Å². The molecular formula is C24H27FN8O. The minimum absolute atomic E-state index is 0.122. The molecule has 0 aromatic carbocycles. The van der Waals surface area contributed by atoms with Crippen molar-refractivity contribution in [2.45, 2.75) is 58.4 Å². The van der Waals surface area contributed by atoms with Crippen molar-refractivity contribution in [3.05, 3.63) is 46.8 Å². The van der Waals surface area contributed by atoms with Gasteiger partial charge in [-0.3, -0.25) is 14.4 Å². The molecule has 1 saturated heterocycles. The zero-order valence-corrected chi connectivity index (χ0v) is 19.6. The second-order valence-corrected chi connectivity index (χ2v) is 9.82. The van der Waals surface area contributed by atoms with E-state index in [1.807, 2.05) is 11.0 Å². The lowest BCUT2D eigenvalue weighted by Crippen LogP contribution is -2.63. The minimum Gasteiger partial charge on any atom is -0.362 e. The molecule has 3 aliphatic heterocycles. The van der Waals surface area contributed by atoms with Crippen LogP contribution in [0.1, 0.15) is 49.5 Å². The molecule has 6 rings (SSSR count). The average Bonchev–Trinajstić information content (AvgIpc) is 3.33. The number of nitriles is 1. The molecule has 6 heterocycles. The summed E-state index contributed by atoms with van der Waals surface area (Å²) in [6.45, 7) is 9.71. The summed E-state index contributed by atoms with van der Waals surface area (Å²) in [6.07, 6.45) is 2.08. The molecule has 0 spiro atoms. The summed E-state index contributed by atoms with van der Waals surface area (Å²) >= 11 is 0. The molecule has 0 radical (unpaired) electrons. The van der Waals surface area contributed by atoms with E-state index in [-0.39, 0.29) is 11.9 Å². The van der Waals surface area contributed by atoms with Crippen LogP contribution >= 0.6 is 0 Å². The van der Waals surface area contributed by atoms with Crippen molar-refractivity contribution in [3.8, 4) is 6.07 Å². The zero-order chi connectivity index (χ0) is 23.7. The van der Waals surface area contributed by atoms with Crippen molar-refractivity contribution in [1.29, 1.82) is 5.26 Å². The van der Waals surface area contributed by atoms with Gasteiger partial charge in [0.15, 0.2) is 5.82 Å². The quantitative estimate of drug-likeness (QED) is 0.580. The molecule has 3 aromatic rings. The first-order valence-corrected chi connectivity index (χ1v) is 11.8. The van der Waals surface area contributed by atoms with E-state index in [1.54, 1.807) is 13.0 Å². The third-order valence-corrected chi connectivity index (χ3v) is 7.67. The Kier molecular flexibility index (Phi) is 4.68. The van der Waals surface area contributed by atoms with E-state index >= 15 is 0 Å². The fourth-order valence-electron chi connectivity index (χ4n) is 5.82. The number of fused-ring (bicyclic) bond motifs is 4. The number of anilines is 1. The van der Waals surface area contributed by atoms with Gasteiger partial charge >= 0.3 is 0 Å². The SMILES string of the molecule is CC(=O)N1CC(N2Cc3nn4c(c3C[C@@H]2C)CN(c2ccc(C#N)n3ncc(F)c23)C[C@H]4C)C1. The lowest BCUT2D eigenvalue weighted by atomic mass is 9.93. The number of halogens is 1. The molecule has 1 fully saturated rings. The van der Waals surface area contributed by atoms with Crippen LogP contribution < -0.4 is 4.90 Å². The van der Waals surface area contributed by atoms with Crippen molar-refractivity contribution < 1.29 is 9.18 Å². The maximum absolute atomic E-state index is 14.7. The summed E-state index contributed by atoms with van der Waals surface area (Å²) in [7, 11) is 0. The minimum atomic E-state index is -0.426. The maximum atomic E-state index is 14.7. The van der Waals surface area contributed by atoms with Crippen molar-refractivity contribution in [1.82, 2.24) is 29.2 Å². The lowest BCUT2D eigenvalue weighted by Gasteiger charge is -2.48. The van der Waals surface area contributed by atoms with Gasteiger partial charge in [-0.05, 0) is 32.4 Å². The summed E-state index contributed by atoms with van der Waals surface area (Å²) in [5.41, 5.74) is 4.98. The number of nitrogens with zero attached hydrogens (tertiary/aromatic N) is 8. The van der Waals surface area contributed by atoms with E-state index in [0.717, 1.165) is 37.4 Å². The van der Waals surface area contributed by atoms with Gasteiger partial charge in [-0.25, -0.2) is 8.91 Å². The molecule has 9 nitrogen and oxygen atoms in total. The zero-order valence-electron chi connectivity index (χ0n) is 19.6. The molecule has 0 unspecified atom stereocenters. The van der Waals surface area contributed by atoms with E-state index in [2.05, 4.69) is 39.5 Å². The third kappa shape index (κ3) is 3.03. The van der Waals surface area contributed by atoms with E-state index < -0.39 is 5.82 Å². The summed E-state index contributed by atoms with van der Waals surface area (Å²) in [5, 5.41) is 18.5. The van der Waals surface area contributed by atoms with E-state index in [1.165, 1.54) is 22.0 Å². The Morgan fingerprint density at radius 1 is 1.18 bits per heavy atom. The van der Waals surface area contributed by atoms with Gasteiger partial charge in [0.25, 0.3) is 0 Å². The largest absolute Gasteiger partial charge is 0.362 e. The standard InChI is InChI=1S/C24H27FN8O/c1-14-6-19-21(12-31(14)18-10-29(11-18)16(3)34)28-32-15(2)9-30(13-23(19)32)22-5-4-17(7-26)33-24(22)20(25)8-27-33/h4-5,8,14-15,18H,6,9-13H2,1-3H3/t14-,15+/m0/s1. The average molecular weight is 463 g/mol. The highest BCUT2D eigenvalue weighted by molar-refractivity contribution is 5.75. The number of aromatic nitrogens is 4. The van der Waals surface area contributed by atoms with Crippen LogP contribution in [0.3, 0.4) is 0 Å². The first kappa shape index (κ1) is 21.1. The molecule has 34 heavy (non-hydrogen) atoms. The van der Waals surface area contributed by atoms with Gasteiger partial charge in [0.1, 0.15) is 17.3 Å². The smallest absolute Gasteiger partial charge is 0.219 e. The Hall–Kier alpha value is -3.45. The highest BCUT2D eigenvalue weighted by atomic mass is 19.1. The van der Waals surface area contributed by atoms with Crippen LogP contribution in [0.2, 0.25) is 0 Å². The van der Waals surface area contributed by atoms with Gasteiger partial charge in [-0.15, -0.1) is 0 Å². The summed E-state index contributed by atoms with van der Waals surface area (Å²) in [6, 6.07) is 6.48. The van der Waals surface area contributed by atoms with Gasteiger partial charge in [0, 0.05) is 50.7 Å². The number of pyridine rings is 1. The van der Waals surface area contributed by atoms with E-state index in [0.29, 0.717) is 36.4 Å². The van der Waals surface area contributed by atoms with Crippen molar-refractivity contribution in [2.24, 2.45) is 0 Å². The topological polar surface area (TPSA) is 85.7 Å². The van der Waals surface area contributed by atoms with Gasteiger partial charge < -0.3 is 9.80 Å². The Bertz CT molecular complexity index is 1350. The van der Waals surface area contributed by atoms with Crippen molar-refractivity contribution >= 4 is 17.1 Å². The first-order valence-electron chi connectivity index (χ1n) is 11.8. The van der Waals surface area contributed by atoms with Gasteiger partial charge in [-0.1, -0.05) is 0 Å². The highest BCUT2D eigenvalue weighted by Crippen LogP contribution is 2.36. The van der Waals surface area contributed by atoms with Crippen LogP contribution in [0.5, 0.6) is 0 Å². The molecule has 3 aromatic heterocycles. The molecule has 0 aliphatic carbocycles. The molecule has 3 aliphatic rings. The first-order chi connectivity index (χ1) is 16.4. The lowest BCUT2D eigenvalue weighted by molar-refractivity contribution is -0.137. The maximum Gasteiger partial charge on any atom is 0.219 e. The fourth-order valence-corrected chi connectivity index (χ4v) is 5.82. The number of hydrogen-bond acceptors (Lipinski definition) is 6. The van der Waals surface area contributed by atoms with Crippen molar-refractivity contribution in [2.75, 3.05) is 24.5 Å². The molecule has 0 bridgehead atoms. The number of carbonyl (C=O) groups excluding carboxylic acids is 1. The van der Waals surface area contributed by atoms with Gasteiger partial charge in [0.05, 0.1) is 35.9 Å². The normalized spacial score (nSPS) is 22.9. The summed E-state index contributed by atoms with van der Waals surface area (Å²) < 4.78 is 18.2. The Balaban J connectivity index is 1.31. The number of rotatable bonds is 2. The van der Waals surface area contributed by atoms with Crippen LogP contribution in [0.25, 0.3) is 5.52 Å². The Labute approximate surface area is 196 Å². The Morgan fingerprint density at radius 2 is 1.97 bits per heavy atom. The fraction of sp³-hybridized carbons (Fsp3) is 0.500. The number of hydrogen-bond donors (Lipinski definition) is 0. The Morgan fingerprint density at radius 3 is 2.71 bits per heavy atom. The molecule has 10 heteroatoms. The molecule has 0 saturated carbocycles. The summed E-state index contributed by atoms with van der Waals surface area (Å²) in [5.74, 6) is -0.287. The number of amides is 1. The van der Waals surface area contributed by atoms with Crippen LogP contribution in [-0.4, -0.2) is 66.8 Å². The van der Waals surface area contributed by atoms with Crippen LogP contribution in [0.15, 0.2) is 18.3 Å². The van der Waals surface area contributed by atoms with Gasteiger partial charge in [0.2, 0.25) is 5.91 Å². The third-order valence-electron chi connectivity index (χ3n) is 7.67. The second kappa shape index (κ2) is 7.53. The van der Waals surface area contributed by atoms with Gasteiger partial charge in [-0.2, -0.15) is 15.5 Å². The second-order valence-electron chi connectivity index (χ2n) is 9.82. The van der Waals surface area contributed by atoms with E-state index in [9.17, 15) is 14.4 Å². The predicted octanol–water partition coefficient (Wildman–Crippen LogP) is 2.10. The van der Waals surface area contributed by atoms with Crippen LogP contribution in [0.4, 0.5) is 10.1 Å². The number of carbonyl (C=O) groups is 1. The van der Waals surface area contributed by atoms with E-state index in [4.69, 9.17) is 5.10 Å². The molecule has 2 atom stereocenters. The highest BCUT2D eigenvalue weighted by Gasteiger charge is 2.40. The van der Waals surface area contributed by atoms with Crippen molar-refractivity contribution in [3.63, 3.8) is 0 Å². The molecule has 0 N–H and O–H groups in total.